The Morgan fingerprint density at radius 2 is 1.85 bits per heavy atom. The lowest BCUT2D eigenvalue weighted by Crippen LogP contribution is -2.30. The number of aromatic nitrogens is 3. The number of nitrogens with one attached hydrogen (secondary N) is 1. The number of sulfonamides is 1. The first-order valence-electron chi connectivity index (χ1n) is 11.1. The fraction of sp³-hybridized carbons (Fsp3) is 0.435. The summed E-state index contributed by atoms with van der Waals surface area (Å²) in [6, 6.07) is 6.42. The molecule has 1 saturated carbocycles. The quantitative estimate of drug-likeness (QED) is 0.512. The van der Waals surface area contributed by atoms with Crippen LogP contribution in [-0.4, -0.2) is 35.6 Å². The van der Waals surface area contributed by atoms with Crippen molar-refractivity contribution in [3.63, 3.8) is 0 Å². The number of fused-ring (bicyclic) bond motifs is 1. The summed E-state index contributed by atoms with van der Waals surface area (Å²) in [5, 5.41) is 10.6. The third-order valence-corrected chi connectivity index (χ3v) is 7.41. The molecule has 2 aromatic heterocycles. The molecule has 0 amide bonds. The maximum absolute atomic E-state index is 12.8. The van der Waals surface area contributed by atoms with Crippen molar-refractivity contribution in [2.45, 2.75) is 69.5 Å². The number of ether oxygens (including phenoxy) is 1. The average molecular weight is 490 g/mol. The zero-order valence-electron chi connectivity index (χ0n) is 18.8. The van der Waals surface area contributed by atoms with E-state index in [4.69, 9.17) is 0 Å². The van der Waals surface area contributed by atoms with Gasteiger partial charge in [0.2, 0.25) is 10.0 Å². The van der Waals surface area contributed by atoms with Crippen molar-refractivity contribution < 1.29 is 21.9 Å². The van der Waals surface area contributed by atoms with Gasteiger partial charge in [0.1, 0.15) is 22.4 Å². The molecule has 1 aliphatic carbocycles. The van der Waals surface area contributed by atoms with Crippen molar-refractivity contribution >= 4 is 20.9 Å². The lowest BCUT2D eigenvalue weighted by molar-refractivity contribution is -0.0497. The SMILES string of the molecule is CC(C)NS(=O)(=O)c1cnc(-c2c(C#N)c3ccc(OC(F)F)cc3n2C2CCCCC2)nc1. The molecule has 2 heterocycles. The summed E-state index contributed by atoms with van der Waals surface area (Å²) in [4.78, 5) is 8.51. The highest BCUT2D eigenvalue weighted by atomic mass is 32.2. The molecule has 0 radical (unpaired) electrons. The smallest absolute Gasteiger partial charge is 0.387 e. The van der Waals surface area contributed by atoms with Gasteiger partial charge in [0.25, 0.3) is 0 Å². The number of halogens is 2. The molecule has 1 fully saturated rings. The van der Waals surface area contributed by atoms with Crippen LogP contribution in [0.1, 0.15) is 57.6 Å². The largest absolute Gasteiger partial charge is 0.435 e. The van der Waals surface area contributed by atoms with E-state index in [9.17, 15) is 22.5 Å². The molecule has 0 unspecified atom stereocenters. The predicted molar refractivity (Wildman–Crippen MR) is 122 cm³/mol. The molecule has 180 valence electrons. The fourth-order valence-corrected chi connectivity index (χ4v) is 5.61. The second-order valence-corrected chi connectivity index (χ2v) is 10.3. The normalized spacial score (nSPS) is 15.2. The summed E-state index contributed by atoms with van der Waals surface area (Å²) in [6.07, 6.45) is 7.22. The van der Waals surface area contributed by atoms with Crippen LogP contribution in [-0.2, 0) is 10.0 Å². The lowest BCUT2D eigenvalue weighted by atomic mass is 9.95. The van der Waals surface area contributed by atoms with Crippen LogP contribution >= 0.6 is 0 Å². The molecular weight excluding hydrogens is 464 g/mol. The Morgan fingerprint density at radius 3 is 2.44 bits per heavy atom. The van der Waals surface area contributed by atoms with Gasteiger partial charge in [-0.1, -0.05) is 19.3 Å². The molecule has 4 rings (SSSR count). The number of rotatable bonds is 7. The van der Waals surface area contributed by atoms with Crippen LogP contribution in [0.3, 0.4) is 0 Å². The Balaban J connectivity index is 1.89. The minimum Gasteiger partial charge on any atom is -0.435 e. The first-order chi connectivity index (χ1) is 16.2. The predicted octanol–water partition coefficient (Wildman–Crippen LogP) is 4.76. The zero-order chi connectivity index (χ0) is 24.5. The first-order valence-corrected chi connectivity index (χ1v) is 12.6. The third-order valence-electron chi connectivity index (χ3n) is 5.79. The molecule has 0 spiro atoms. The van der Waals surface area contributed by atoms with Gasteiger partial charge in [-0.25, -0.2) is 23.1 Å². The summed E-state index contributed by atoms with van der Waals surface area (Å²) >= 11 is 0. The van der Waals surface area contributed by atoms with E-state index in [1.807, 2.05) is 4.57 Å². The van der Waals surface area contributed by atoms with Gasteiger partial charge in [0, 0.05) is 23.5 Å². The van der Waals surface area contributed by atoms with Gasteiger partial charge >= 0.3 is 6.61 Å². The number of hydrogen-bond donors (Lipinski definition) is 1. The van der Waals surface area contributed by atoms with Crippen molar-refractivity contribution in [1.29, 1.82) is 5.26 Å². The lowest BCUT2D eigenvalue weighted by Gasteiger charge is -2.26. The van der Waals surface area contributed by atoms with E-state index < -0.39 is 16.6 Å². The van der Waals surface area contributed by atoms with Crippen LogP contribution in [0, 0.1) is 11.3 Å². The highest BCUT2D eigenvalue weighted by Crippen LogP contribution is 2.40. The highest BCUT2D eigenvalue weighted by Gasteiger charge is 2.28. The Hall–Kier alpha value is -3.10. The second-order valence-electron chi connectivity index (χ2n) is 8.57. The highest BCUT2D eigenvalue weighted by molar-refractivity contribution is 7.89. The zero-order valence-corrected chi connectivity index (χ0v) is 19.6. The van der Waals surface area contributed by atoms with E-state index in [2.05, 4.69) is 25.5 Å². The fourth-order valence-electron chi connectivity index (χ4n) is 4.47. The minimum atomic E-state index is -3.78. The van der Waals surface area contributed by atoms with E-state index >= 15 is 0 Å². The van der Waals surface area contributed by atoms with E-state index in [-0.39, 0.29) is 28.6 Å². The molecule has 0 bridgehead atoms. The molecule has 34 heavy (non-hydrogen) atoms. The Kier molecular flexibility index (Phi) is 6.81. The van der Waals surface area contributed by atoms with Crippen molar-refractivity contribution in [3.05, 3.63) is 36.2 Å². The van der Waals surface area contributed by atoms with Gasteiger partial charge < -0.3 is 9.30 Å². The Morgan fingerprint density at radius 1 is 1.18 bits per heavy atom. The van der Waals surface area contributed by atoms with Gasteiger partial charge in [-0.2, -0.15) is 14.0 Å². The van der Waals surface area contributed by atoms with Crippen molar-refractivity contribution in [3.8, 4) is 23.3 Å². The van der Waals surface area contributed by atoms with Crippen molar-refractivity contribution in [2.75, 3.05) is 0 Å². The monoisotopic (exact) mass is 489 g/mol. The minimum absolute atomic E-state index is 0.00443. The molecule has 11 heteroatoms. The van der Waals surface area contributed by atoms with E-state index in [0.717, 1.165) is 32.1 Å². The number of benzene rings is 1. The van der Waals surface area contributed by atoms with Crippen LogP contribution in [0.15, 0.2) is 35.5 Å². The molecule has 8 nitrogen and oxygen atoms in total. The van der Waals surface area contributed by atoms with E-state index in [1.54, 1.807) is 19.9 Å². The molecule has 0 atom stereocenters. The van der Waals surface area contributed by atoms with Crippen molar-refractivity contribution in [2.24, 2.45) is 0 Å². The summed E-state index contributed by atoms with van der Waals surface area (Å²) in [5.41, 5.74) is 1.33. The average Bonchev–Trinajstić information content (AvgIpc) is 3.12. The summed E-state index contributed by atoms with van der Waals surface area (Å²) in [5.74, 6) is 0.188. The summed E-state index contributed by atoms with van der Waals surface area (Å²) < 4.78 is 59.7. The number of nitrogens with zero attached hydrogens (tertiary/aromatic N) is 4. The maximum atomic E-state index is 12.8. The van der Waals surface area contributed by atoms with Gasteiger partial charge in [0.15, 0.2) is 5.82 Å². The standard InChI is InChI=1S/C23H25F2N5O3S/c1-14(2)29-34(31,32)17-12-27-22(28-13-17)21-19(11-26)18-9-8-16(33-23(24)25)10-20(18)30(21)15-6-4-3-5-7-15/h8-10,12-15,23,29H,3-7H2,1-2H3. The van der Waals surface area contributed by atoms with Gasteiger partial charge in [0.05, 0.1) is 23.5 Å². The van der Waals surface area contributed by atoms with Gasteiger partial charge in [-0.15, -0.1) is 0 Å². The van der Waals surface area contributed by atoms with E-state index in [1.165, 1.54) is 24.5 Å². The summed E-state index contributed by atoms with van der Waals surface area (Å²) in [7, 11) is -3.78. The third kappa shape index (κ3) is 4.74. The number of hydrogen-bond acceptors (Lipinski definition) is 6. The Bertz CT molecular complexity index is 1330. The topological polar surface area (TPSA) is 110 Å². The number of nitriles is 1. The Labute approximate surface area is 196 Å². The molecule has 0 aliphatic heterocycles. The van der Waals surface area contributed by atoms with Crippen molar-refractivity contribution in [1.82, 2.24) is 19.3 Å². The number of alkyl halides is 2. The second kappa shape index (κ2) is 9.64. The molecule has 0 saturated heterocycles. The van der Waals surface area contributed by atoms with Crippen LogP contribution in [0.2, 0.25) is 0 Å². The van der Waals surface area contributed by atoms with Crippen LogP contribution in [0.4, 0.5) is 8.78 Å². The van der Waals surface area contributed by atoms with E-state index in [0.29, 0.717) is 22.2 Å². The molecule has 1 aliphatic rings. The molecule has 1 N–H and O–H groups in total. The van der Waals surface area contributed by atoms with Gasteiger partial charge in [-0.05, 0) is 38.8 Å². The summed E-state index contributed by atoms with van der Waals surface area (Å²) in [6.45, 7) is 0.448. The van der Waals surface area contributed by atoms with Gasteiger partial charge in [-0.3, -0.25) is 0 Å². The first kappa shape index (κ1) is 24.0. The molecule has 1 aromatic carbocycles. The van der Waals surface area contributed by atoms with Crippen LogP contribution in [0.5, 0.6) is 5.75 Å². The van der Waals surface area contributed by atoms with Crippen LogP contribution in [0.25, 0.3) is 22.4 Å². The molecular formula is C23H25F2N5O3S. The van der Waals surface area contributed by atoms with Crippen LogP contribution < -0.4 is 9.46 Å². The maximum Gasteiger partial charge on any atom is 0.387 e. The molecule has 3 aromatic rings.